The highest BCUT2D eigenvalue weighted by Crippen LogP contribution is 2.26. The van der Waals surface area contributed by atoms with E-state index in [0.29, 0.717) is 17.5 Å². The summed E-state index contributed by atoms with van der Waals surface area (Å²) < 4.78 is 0. The molecule has 25 heavy (non-hydrogen) atoms. The first-order valence-electron chi connectivity index (χ1n) is 9.39. The lowest BCUT2D eigenvalue weighted by Gasteiger charge is -2.21. The van der Waals surface area contributed by atoms with Crippen molar-refractivity contribution in [3.8, 4) is 0 Å². The Balaban J connectivity index is 1.85. The van der Waals surface area contributed by atoms with Crippen LogP contribution in [0.15, 0.2) is 12.3 Å². The van der Waals surface area contributed by atoms with Crippen molar-refractivity contribution in [1.29, 1.82) is 0 Å². The lowest BCUT2D eigenvalue weighted by molar-refractivity contribution is 0.194. The highest BCUT2D eigenvalue weighted by Gasteiger charge is 2.15. The molecule has 2 heterocycles. The molecule has 1 aliphatic rings. The van der Waals surface area contributed by atoms with Crippen molar-refractivity contribution in [2.24, 2.45) is 5.92 Å². The third-order valence-corrected chi connectivity index (χ3v) is 4.71. The van der Waals surface area contributed by atoms with E-state index >= 15 is 0 Å². The number of pyridine rings is 1. The smallest absolute Gasteiger partial charge is 0.223 e. The quantitative estimate of drug-likeness (QED) is 0.738. The molecule has 136 valence electrons. The van der Waals surface area contributed by atoms with Crippen molar-refractivity contribution in [3.05, 3.63) is 18.0 Å². The van der Waals surface area contributed by atoms with E-state index in [0.717, 1.165) is 23.4 Å². The van der Waals surface area contributed by atoms with Gasteiger partial charge in [-0.05, 0) is 45.6 Å². The summed E-state index contributed by atoms with van der Waals surface area (Å²) in [6, 6.07) is 2.09. The number of aromatic nitrogens is 3. The molecule has 3 rings (SSSR count). The van der Waals surface area contributed by atoms with Gasteiger partial charge in [-0.2, -0.15) is 0 Å². The van der Waals surface area contributed by atoms with Crippen LogP contribution in [0.4, 0.5) is 11.8 Å². The molecular weight excluding hydrogens is 314 g/mol. The van der Waals surface area contributed by atoms with E-state index in [2.05, 4.69) is 39.4 Å². The van der Waals surface area contributed by atoms with Crippen LogP contribution in [0.3, 0.4) is 0 Å². The molecule has 1 aliphatic carbocycles. The van der Waals surface area contributed by atoms with Gasteiger partial charge in [0.05, 0.1) is 11.8 Å². The summed E-state index contributed by atoms with van der Waals surface area (Å²) in [6.45, 7) is 6.77. The minimum atomic E-state index is -0.624. The minimum Gasteiger partial charge on any atom is -0.387 e. The summed E-state index contributed by atoms with van der Waals surface area (Å²) >= 11 is 0. The standard InChI is InChI=1S/C19H29N5O/c1-12(2)22-18-17-15(9-16(23-18)13(3)25)11-21-19(24-17)20-10-14-7-5-4-6-8-14/h9,11-14,25H,4-8,10H2,1-3H3,(H,22,23)(H,20,21,24). The van der Waals surface area contributed by atoms with Gasteiger partial charge in [0.25, 0.3) is 0 Å². The van der Waals surface area contributed by atoms with Gasteiger partial charge in [-0.3, -0.25) is 0 Å². The zero-order valence-corrected chi connectivity index (χ0v) is 15.4. The number of aliphatic hydroxyl groups is 1. The van der Waals surface area contributed by atoms with Crippen LogP contribution in [-0.2, 0) is 0 Å². The number of nitrogens with zero attached hydrogens (tertiary/aromatic N) is 3. The molecule has 6 nitrogen and oxygen atoms in total. The predicted molar refractivity (Wildman–Crippen MR) is 102 cm³/mol. The van der Waals surface area contributed by atoms with Crippen LogP contribution in [0.25, 0.3) is 10.9 Å². The van der Waals surface area contributed by atoms with Gasteiger partial charge in [-0.25, -0.2) is 15.0 Å². The molecule has 0 aliphatic heterocycles. The lowest BCUT2D eigenvalue weighted by Crippen LogP contribution is -2.18. The Morgan fingerprint density at radius 1 is 1.16 bits per heavy atom. The first-order valence-corrected chi connectivity index (χ1v) is 9.39. The van der Waals surface area contributed by atoms with Crippen LogP contribution in [0.5, 0.6) is 0 Å². The summed E-state index contributed by atoms with van der Waals surface area (Å²) in [5.41, 5.74) is 1.42. The van der Waals surface area contributed by atoms with E-state index in [1.807, 2.05) is 12.3 Å². The Hall–Kier alpha value is -1.95. The summed E-state index contributed by atoms with van der Waals surface area (Å²) in [7, 11) is 0. The molecule has 0 spiro atoms. The van der Waals surface area contributed by atoms with Crippen LogP contribution in [-0.4, -0.2) is 32.6 Å². The van der Waals surface area contributed by atoms with Gasteiger partial charge in [0.1, 0.15) is 5.52 Å². The average Bonchev–Trinajstić information content (AvgIpc) is 2.60. The number of aliphatic hydroxyl groups excluding tert-OH is 1. The topological polar surface area (TPSA) is 83.0 Å². The fourth-order valence-corrected chi connectivity index (χ4v) is 3.36. The second-order valence-corrected chi connectivity index (χ2v) is 7.39. The van der Waals surface area contributed by atoms with E-state index in [9.17, 15) is 5.11 Å². The number of hydrogen-bond acceptors (Lipinski definition) is 6. The third-order valence-electron chi connectivity index (χ3n) is 4.71. The molecule has 2 aromatic heterocycles. The average molecular weight is 343 g/mol. The van der Waals surface area contributed by atoms with Crippen LogP contribution in [0, 0.1) is 5.92 Å². The van der Waals surface area contributed by atoms with Gasteiger partial charge >= 0.3 is 0 Å². The first kappa shape index (κ1) is 17.9. The van der Waals surface area contributed by atoms with Crippen molar-refractivity contribution in [3.63, 3.8) is 0 Å². The minimum absolute atomic E-state index is 0.230. The molecule has 3 N–H and O–H groups in total. The Bertz CT molecular complexity index is 710. The summed E-state index contributed by atoms with van der Waals surface area (Å²) in [4.78, 5) is 13.7. The molecule has 2 aromatic rings. The molecule has 0 amide bonds. The normalized spacial score (nSPS) is 17.0. The first-order chi connectivity index (χ1) is 12.0. The van der Waals surface area contributed by atoms with E-state index in [1.54, 1.807) is 6.92 Å². The van der Waals surface area contributed by atoms with Crippen molar-refractivity contribution < 1.29 is 5.11 Å². The molecule has 1 unspecified atom stereocenters. The highest BCUT2D eigenvalue weighted by atomic mass is 16.3. The van der Waals surface area contributed by atoms with Crippen LogP contribution in [0.1, 0.15) is 64.7 Å². The number of fused-ring (bicyclic) bond motifs is 1. The van der Waals surface area contributed by atoms with Crippen molar-refractivity contribution in [2.75, 3.05) is 17.2 Å². The number of nitrogens with one attached hydrogen (secondary N) is 2. The van der Waals surface area contributed by atoms with Crippen LogP contribution >= 0.6 is 0 Å². The number of anilines is 2. The van der Waals surface area contributed by atoms with E-state index in [4.69, 9.17) is 0 Å². The monoisotopic (exact) mass is 343 g/mol. The maximum atomic E-state index is 9.88. The summed E-state index contributed by atoms with van der Waals surface area (Å²) in [5.74, 6) is 2.07. The van der Waals surface area contributed by atoms with E-state index in [1.165, 1.54) is 32.1 Å². The van der Waals surface area contributed by atoms with E-state index in [-0.39, 0.29) is 6.04 Å². The van der Waals surface area contributed by atoms with Crippen LogP contribution in [0.2, 0.25) is 0 Å². The van der Waals surface area contributed by atoms with Gasteiger partial charge in [-0.15, -0.1) is 0 Å². The van der Waals surface area contributed by atoms with Gasteiger partial charge in [-0.1, -0.05) is 19.3 Å². The summed E-state index contributed by atoms with van der Waals surface area (Å²) in [6.07, 6.45) is 7.80. The van der Waals surface area contributed by atoms with Crippen molar-refractivity contribution >= 4 is 22.7 Å². The Morgan fingerprint density at radius 3 is 2.60 bits per heavy atom. The maximum absolute atomic E-state index is 9.88. The second kappa shape index (κ2) is 7.95. The fourth-order valence-electron chi connectivity index (χ4n) is 3.36. The third kappa shape index (κ3) is 4.57. The van der Waals surface area contributed by atoms with Gasteiger partial charge in [0.15, 0.2) is 5.82 Å². The van der Waals surface area contributed by atoms with Gasteiger partial charge < -0.3 is 15.7 Å². The van der Waals surface area contributed by atoms with E-state index < -0.39 is 6.10 Å². The fraction of sp³-hybridized carbons (Fsp3) is 0.632. The molecule has 6 heteroatoms. The Kier molecular flexibility index (Phi) is 5.68. The van der Waals surface area contributed by atoms with Crippen molar-refractivity contribution in [1.82, 2.24) is 15.0 Å². The SMILES string of the molecule is CC(C)Nc1nc(C(C)O)cc2cnc(NCC3CCCCC3)nc12. The molecular formula is C19H29N5O. The van der Waals surface area contributed by atoms with Crippen molar-refractivity contribution in [2.45, 2.75) is 65.0 Å². The highest BCUT2D eigenvalue weighted by molar-refractivity contribution is 5.88. The lowest BCUT2D eigenvalue weighted by atomic mass is 9.89. The summed E-state index contributed by atoms with van der Waals surface area (Å²) in [5, 5.41) is 17.5. The molecule has 0 bridgehead atoms. The Morgan fingerprint density at radius 2 is 1.92 bits per heavy atom. The molecule has 1 atom stereocenters. The second-order valence-electron chi connectivity index (χ2n) is 7.39. The largest absolute Gasteiger partial charge is 0.387 e. The number of rotatable bonds is 6. The van der Waals surface area contributed by atoms with Crippen LogP contribution < -0.4 is 10.6 Å². The Labute approximate surface area is 149 Å². The zero-order valence-electron chi connectivity index (χ0n) is 15.4. The van der Waals surface area contributed by atoms with Gasteiger partial charge in [0, 0.05) is 24.2 Å². The van der Waals surface area contributed by atoms with Gasteiger partial charge in [0.2, 0.25) is 5.95 Å². The number of hydrogen-bond donors (Lipinski definition) is 3. The molecule has 1 saturated carbocycles. The zero-order chi connectivity index (χ0) is 17.8. The molecule has 1 fully saturated rings. The molecule has 0 radical (unpaired) electrons. The molecule has 0 saturated heterocycles. The predicted octanol–water partition coefficient (Wildman–Crippen LogP) is 3.89. The maximum Gasteiger partial charge on any atom is 0.223 e. The molecule has 0 aromatic carbocycles.